The molecule has 9 nitrogen and oxygen atoms in total. The van der Waals surface area contributed by atoms with Gasteiger partial charge < -0.3 is 27.9 Å². The Kier molecular flexibility index (Phi) is 56.2. The molecule has 82 heavy (non-hydrogen) atoms. The summed E-state index contributed by atoms with van der Waals surface area (Å²) in [6, 6.07) is 0. The zero-order valence-electron chi connectivity index (χ0n) is 51.6. The Labute approximate surface area is 500 Å². The predicted octanol–water partition coefficient (Wildman–Crippen LogP) is 19.3. The van der Waals surface area contributed by atoms with E-state index in [0.717, 1.165) is 141 Å². The highest BCUT2D eigenvalue weighted by Gasteiger charge is 2.21. The van der Waals surface area contributed by atoms with E-state index in [9.17, 15) is 19.0 Å². The lowest BCUT2D eigenvalue weighted by Crippen LogP contribution is -2.37. The van der Waals surface area contributed by atoms with Crippen LogP contribution in [0.15, 0.2) is 207 Å². The second-order valence-corrected chi connectivity index (χ2v) is 22.0. The third kappa shape index (κ3) is 63.8. The quantitative estimate of drug-likeness (QED) is 0.0195. The third-order valence-corrected chi connectivity index (χ3v) is 12.8. The summed E-state index contributed by atoms with van der Waals surface area (Å²) >= 11 is 0. The molecule has 0 radical (unpaired) electrons. The summed E-state index contributed by atoms with van der Waals surface area (Å²) in [6.45, 7) is 3.87. The van der Waals surface area contributed by atoms with Gasteiger partial charge in [0.05, 0.1) is 27.7 Å². The molecule has 0 fully saturated rings. The fourth-order valence-electron chi connectivity index (χ4n) is 7.13. The molecule has 0 aliphatic heterocycles. The lowest BCUT2D eigenvalue weighted by molar-refractivity contribution is -0.870. The first-order valence-corrected chi connectivity index (χ1v) is 32.3. The molecular formula is C72H110NO8P. The number of rotatable bonds is 53. The van der Waals surface area contributed by atoms with Gasteiger partial charge in [0.25, 0.3) is 7.82 Å². The second-order valence-electron chi connectivity index (χ2n) is 20.6. The van der Waals surface area contributed by atoms with Crippen molar-refractivity contribution >= 4 is 19.8 Å². The molecule has 0 heterocycles. The molecule has 0 N–H and O–H groups in total. The van der Waals surface area contributed by atoms with Crippen LogP contribution < -0.4 is 4.89 Å². The summed E-state index contributed by atoms with van der Waals surface area (Å²) < 4.78 is 34.0. The Bertz CT molecular complexity index is 2130. The number of carbonyl (C=O) groups is 2. The number of carbonyl (C=O) groups excluding carboxylic acids is 2. The van der Waals surface area contributed by atoms with Crippen LogP contribution in [0.5, 0.6) is 0 Å². The van der Waals surface area contributed by atoms with E-state index in [-0.39, 0.29) is 26.1 Å². The van der Waals surface area contributed by atoms with Crippen LogP contribution in [0.4, 0.5) is 0 Å². The van der Waals surface area contributed by atoms with Gasteiger partial charge in [0.1, 0.15) is 19.8 Å². The summed E-state index contributed by atoms with van der Waals surface area (Å²) in [5.41, 5.74) is 0. The highest BCUT2D eigenvalue weighted by Crippen LogP contribution is 2.38. The zero-order chi connectivity index (χ0) is 59.8. The number of quaternary nitrogens is 1. The van der Waals surface area contributed by atoms with Crippen molar-refractivity contribution in [3.8, 4) is 0 Å². The van der Waals surface area contributed by atoms with E-state index in [1.165, 1.54) is 0 Å². The van der Waals surface area contributed by atoms with Crippen molar-refractivity contribution < 1.29 is 42.1 Å². The molecule has 0 aromatic heterocycles. The molecule has 0 saturated heterocycles. The van der Waals surface area contributed by atoms with Gasteiger partial charge in [0.2, 0.25) is 0 Å². The van der Waals surface area contributed by atoms with Gasteiger partial charge in [-0.2, -0.15) is 0 Å². The van der Waals surface area contributed by atoms with Crippen LogP contribution in [0.3, 0.4) is 0 Å². The molecule has 0 rings (SSSR count). The van der Waals surface area contributed by atoms with Crippen molar-refractivity contribution in [2.75, 3.05) is 47.5 Å². The fourth-order valence-corrected chi connectivity index (χ4v) is 7.86. The van der Waals surface area contributed by atoms with Crippen molar-refractivity contribution in [1.29, 1.82) is 0 Å². The summed E-state index contributed by atoms with van der Waals surface area (Å²) in [5.74, 6) is -0.944. The first kappa shape index (κ1) is 76.6. The van der Waals surface area contributed by atoms with Gasteiger partial charge in [-0.15, -0.1) is 0 Å². The van der Waals surface area contributed by atoms with Gasteiger partial charge >= 0.3 is 11.9 Å². The van der Waals surface area contributed by atoms with Crippen molar-refractivity contribution in [3.05, 3.63) is 207 Å². The normalized spacial score (nSPS) is 14.7. The van der Waals surface area contributed by atoms with Gasteiger partial charge in [-0.25, -0.2) is 0 Å². The van der Waals surface area contributed by atoms with Crippen molar-refractivity contribution in [1.82, 2.24) is 0 Å². The molecule has 0 bridgehead atoms. The Morgan fingerprint density at radius 3 is 0.976 bits per heavy atom. The van der Waals surface area contributed by atoms with Crippen molar-refractivity contribution in [2.24, 2.45) is 0 Å². The number of phosphoric ester groups is 1. The molecule has 0 amide bonds. The molecule has 0 aliphatic carbocycles. The third-order valence-electron chi connectivity index (χ3n) is 11.8. The van der Waals surface area contributed by atoms with Crippen LogP contribution in [0, 0.1) is 0 Å². The second kappa shape index (κ2) is 60.2. The maximum Gasteiger partial charge on any atom is 0.306 e. The van der Waals surface area contributed by atoms with E-state index < -0.39 is 32.5 Å². The maximum atomic E-state index is 12.8. The Hall–Kier alpha value is -5.41. The first-order chi connectivity index (χ1) is 40.0. The van der Waals surface area contributed by atoms with E-state index in [1.54, 1.807) is 0 Å². The largest absolute Gasteiger partial charge is 0.756 e. The molecule has 2 unspecified atom stereocenters. The Morgan fingerprint density at radius 2 is 0.659 bits per heavy atom. The van der Waals surface area contributed by atoms with Crippen LogP contribution in [0.1, 0.15) is 181 Å². The summed E-state index contributed by atoms with van der Waals surface area (Å²) in [7, 11) is 1.08. The minimum Gasteiger partial charge on any atom is -0.756 e. The topological polar surface area (TPSA) is 111 Å². The van der Waals surface area contributed by atoms with Crippen LogP contribution in [0.25, 0.3) is 0 Å². The van der Waals surface area contributed by atoms with Crippen LogP contribution >= 0.6 is 7.82 Å². The van der Waals surface area contributed by atoms with E-state index in [4.69, 9.17) is 18.5 Å². The molecule has 2 atom stereocenters. The van der Waals surface area contributed by atoms with Gasteiger partial charge in [-0.1, -0.05) is 227 Å². The highest BCUT2D eigenvalue weighted by atomic mass is 31.2. The number of phosphoric acid groups is 1. The Balaban J connectivity index is 4.32. The Morgan fingerprint density at radius 1 is 0.378 bits per heavy atom. The average molecular weight is 1150 g/mol. The van der Waals surface area contributed by atoms with E-state index in [0.29, 0.717) is 23.9 Å². The lowest BCUT2D eigenvalue weighted by Gasteiger charge is -2.28. The molecule has 0 aromatic rings. The average Bonchev–Trinajstić information content (AvgIpc) is 3.46. The van der Waals surface area contributed by atoms with E-state index in [1.807, 2.05) is 21.1 Å². The van der Waals surface area contributed by atoms with Crippen LogP contribution in [0.2, 0.25) is 0 Å². The number of nitrogens with zero attached hydrogens (tertiary/aromatic N) is 1. The maximum absolute atomic E-state index is 12.8. The molecule has 10 heteroatoms. The monoisotopic (exact) mass is 1150 g/mol. The van der Waals surface area contributed by atoms with Crippen molar-refractivity contribution in [3.63, 3.8) is 0 Å². The van der Waals surface area contributed by atoms with Crippen molar-refractivity contribution in [2.45, 2.75) is 187 Å². The number of hydrogen-bond donors (Lipinski definition) is 0. The summed E-state index contributed by atoms with van der Waals surface area (Å²) in [4.78, 5) is 37.9. The van der Waals surface area contributed by atoms with Crippen LogP contribution in [-0.2, 0) is 32.7 Å². The fraction of sp³-hybridized carbons (Fsp3) is 0.500. The predicted molar refractivity (Wildman–Crippen MR) is 350 cm³/mol. The summed E-state index contributed by atoms with van der Waals surface area (Å²) in [6.07, 6.45) is 96.1. The number of likely N-dealkylation sites (N-methyl/N-ethyl adjacent to an activating group) is 1. The molecule has 456 valence electrons. The number of esters is 2. The van der Waals surface area contributed by atoms with Crippen LogP contribution in [-0.4, -0.2) is 70.0 Å². The first-order valence-electron chi connectivity index (χ1n) is 30.8. The molecule has 0 aromatic carbocycles. The van der Waals surface area contributed by atoms with Gasteiger partial charge in [0, 0.05) is 12.8 Å². The highest BCUT2D eigenvalue weighted by molar-refractivity contribution is 7.45. The SMILES string of the molecule is CC/C=C\C/C=C\C/C=C\C/C=C\C/C=C\C/C=C\C/C=C\C/C=C\C/C=C\C/C=C\C/C=C\C/C=C\CCCCC(=O)OC(COC(=O)CCCCC/C=C\C/C=C\C/C=C\C/C=C\C/C=C\CC)COP(=O)([O-])OCC[N+](C)(C)C. The lowest BCUT2D eigenvalue weighted by atomic mass is 10.1. The molecule has 0 aliphatic rings. The van der Waals surface area contributed by atoms with Gasteiger partial charge in [0.15, 0.2) is 6.10 Å². The number of unbranched alkanes of at least 4 members (excludes halogenated alkanes) is 5. The smallest absolute Gasteiger partial charge is 0.306 e. The standard InChI is InChI=1S/C72H110NO8P/c1-6-8-10-12-14-16-18-20-22-24-26-27-28-29-30-31-32-33-34-35-36-37-38-39-40-41-42-43-44-45-47-49-51-53-55-57-59-61-63-65-72(75)81-70(69-80-82(76,77)79-67-66-73(3,4)5)68-78-71(74)64-62-60-58-56-54-52-50-48-46-25-23-21-19-17-15-13-11-9-7-2/h8-11,14-17,20-23,26-27,29-30,32-33,35-36,38-39,41-42,44-46,48-49,51-52,54-55,57,70H,6-7,12-13,18-19,24-25,28,31,34,37,40,43,47,50,53,56,58-69H2,1-5H3/b10-8-,11-9-,16-14-,17-15-,22-20-,23-21-,27-26-,30-29-,33-32-,36-35-,39-38-,42-41-,45-44-,48-46-,51-49-,54-52-,57-55-. The number of hydrogen-bond acceptors (Lipinski definition) is 8. The molecular weight excluding hydrogens is 1040 g/mol. The van der Waals surface area contributed by atoms with E-state index in [2.05, 4.69) is 220 Å². The van der Waals surface area contributed by atoms with E-state index >= 15 is 0 Å². The minimum absolute atomic E-state index is 0.0579. The minimum atomic E-state index is -4.67. The molecule has 0 spiro atoms. The van der Waals surface area contributed by atoms with Gasteiger partial charge in [-0.3, -0.25) is 14.2 Å². The number of allylic oxidation sites excluding steroid dienone is 34. The molecule has 0 saturated carbocycles. The number of ether oxygens (including phenoxy) is 2. The zero-order valence-corrected chi connectivity index (χ0v) is 52.5. The summed E-state index contributed by atoms with van der Waals surface area (Å²) in [5, 5.41) is 0. The van der Waals surface area contributed by atoms with Gasteiger partial charge in [-0.05, 0) is 148 Å².